The fourth-order valence-corrected chi connectivity index (χ4v) is 1.43. The maximum atomic E-state index is 5.87. The van der Waals surface area contributed by atoms with Crippen LogP contribution in [-0.2, 0) is 0 Å². The minimum atomic E-state index is 0.751. The van der Waals surface area contributed by atoms with Gasteiger partial charge in [0.2, 0.25) is 0 Å². The fraction of sp³-hybridized carbons (Fsp3) is 0.286. The molecule has 0 saturated heterocycles. The van der Waals surface area contributed by atoms with Crippen molar-refractivity contribution in [2.75, 3.05) is 0 Å². The van der Waals surface area contributed by atoms with Crippen LogP contribution in [0.5, 0.6) is 0 Å². The van der Waals surface area contributed by atoms with Crippen molar-refractivity contribution in [2.45, 2.75) is 27.7 Å². The third-order valence-corrected chi connectivity index (χ3v) is 2.69. The van der Waals surface area contributed by atoms with Gasteiger partial charge in [0.05, 0.1) is 0 Å². The number of nitrogens with two attached hydrogens (primary N) is 1. The van der Waals surface area contributed by atoms with Crippen LogP contribution in [0.4, 0.5) is 0 Å². The first-order chi connectivity index (χ1) is 6.91. The van der Waals surface area contributed by atoms with Crippen molar-refractivity contribution in [1.82, 2.24) is 0 Å². The lowest BCUT2D eigenvalue weighted by atomic mass is 9.99. The van der Waals surface area contributed by atoms with Gasteiger partial charge in [0, 0.05) is 5.70 Å². The van der Waals surface area contributed by atoms with Gasteiger partial charge in [0.1, 0.15) is 0 Å². The van der Waals surface area contributed by atoms with Gasteiger partial charge in [0.15, 0.2) is 0 Å². The highest BCUT2D eigenvalue weighted by Gasteiger charge is 2.00. The van der Waals surface area contributed by atoms with Crippen molar-refractivity contribution >= 4 is 6.08 Å². The highest BCUT2D eigenvalue weighted by molar-refractivity contribution is 5.61. The maximum Gasteiger partial charge on any atom is 0.0343 e. The Bertz CT molecular complexity index is 425. The van der Waals surface area contributed by atoms with Crippen LogP contribution in [0.1, 0.15) is 29.2 Å². The van der Waals surface area contributed by atoms with E-state index in [0.29, 0.717) is 0 Å². The van der Waals surface area contributed by atoms with Crippen LogP contribution in [-0.4, -0.2) is 0 Å². The normalized spacial score (nSPS) is 11.6. The molecule has 80 valence electrons. The molecule has 0 aromatic heterocycles. The molecule has 0 radical (unpaired) electrons. The lowest BCUT2D eigenvalue weighted by Crippen LogP contribution is -1.98. The van der Waals surface area contributed by atoms with E-state index in [2.05, 4.69) is 39.5 Å². The van der Waals surface area contributed by atoms with Crippen molar-refractivity contribution in [3.63, 3.8) is 0 Å². The molecule has 1 aromatic rings. The molecular weight excluding hydrogens is 182 g/mol. The third-order valence-electron chi connectivity index (χ3n) is 2.69. The minimum absolute atomic E-state index is 0.751. The van der Waals surface area contributed by atoms with Crippen LogP contribution in [0.3, 0.4) is 0 Å². The van der Waals surface area contributed by atoms with Crippen LogP contribution < -0.4 is 5.73 Å². The summed E-state index contributed by atoms with van der Waals surface area (Å²) in [6, 6.07) is 4.35. The molecule has 0 unspecified atom stereocenters. The van der Waals surface area contributed by atoms with Gasteiger partial charge in [-0.15, -0.1) is 0 Å². The van der Waals surface area contributed by atoms with Crippen molar-refractivity contribution in [2.24, 2.45) is 5.73 Å². The first kappa shape index (κ1) is 11.6. The van der Waals surface area contributed by atoms with E-state index in [-0.39, 0.29) is 0 Å². The Morgan fingerprint density at radius 1 is 1.13 bits per heavy atom. The molecule has 1 heteroatoms. The van der Waals surface area contributed by atoms with Crippen LogP contribution in [0.15, 0.2) is 30.0 Å². The Labute approximate surface area is 92.3 Å². The summed E-state index contributed by atoms with van der Waals surface area (Å²) in [5, 5.41) is 0. The smallest absolute Gasteiger partial charge is 0.0343 e. The molecule has 0 amide bonds. The van der Waals surface area contributed by atoms with Crippen LogP contribution in [0, 0.1) is 20.8 Å². The van der Waals surface area contributed by atoms with Crippen LogP contribution >= 0.6 is 0 Å². The zero-order valence-electron chi connectivity index (χ0n) is 10.0. The number of aryl methyl sites for hydroxylation is 3. The molecule has 0 aliphatic heterocycles. The van der Waals surface area contributed by atoms with Gasteiger partial charge < -0.3 is 5.73 Å². The summed E-state index contributed by atoms with van der Waals surface area (Å²) in [5.74, 6) is 0. The zero-order chi connectivity index (χ0) is 11.6. The lowest BCUT2D eigenvalue weighted by Gasteiger charge is -2.07. The second-order valence-corrected chi connectivity index (χ2v) is 4.17. The van der Waals surface area contributed by atoms with Gasteiger partial charge in [-0.3, -0.25) is 0 Å². The monoisotopic (exact) mass is 201 g/mol. The quantitative estimate of drug-likeness (QED) is 0.728. The van der Waals surface area contributed by atoms with Crippen molar-refractivity contribution in [1.29, 1.82) is 0 Å². The number of hydrogen-bond acceptors (Lipinski definition) is 1. The van der Waals surface area contributed by atoms with Gasteiger partial charge in [-0.05, 0) is 61.6 Å². The standard InChI is InChI=1S/C14H19N/c1-9(2)14(15)8-13-7-11(4)10(3)6-12(13)5/h6-8H,1,15H2,2-5H3/b14-8+. The van der Waals surface area contributed by atoms with E-state index in [4.69, 9.17) is 5.73 Å². The van der Waals surface area contributed by atoms with Gasteiger partial charge in [-0.2, -0.15) is 0 Å². The molecule has 1 nitrogen and oxygen atoms in total. The van der Waals surface area contributed by atoms with E-state index in [1.807, 2.05) is 13.0 Å². The Morgan fingerprint density at radius 3 is 2.20 bits per heavy atom. The Hall–Kier alpha value is -1.50. The van der Waals surface area contributed by atoms with Crippen molar-refractivity contribution in [3.05, 3.63) is 52.2 Å². The first-order valence-corrected chi connectivity index (χ1v) is 5.12. The highest BCUT2D eigenvalue weighted by Crippen LogP contribution is 2.18. The molecule has 2 N–H and O–H groups in total. The van der Waals surface area contributed by atoms with Crippen LogP contribution in [0.25, 0.3) is 6.08 Å². The second-order valence-electron chi connectivity index (χ2n) is 4.17. The van der Waals surface area contributed by atoms with E-state index in [9.17, 15) is 0 Å². The third kappa shape index (κ3) is 2.72. The van der Waals surface area contributed by atoms with Gasteiger partial charge in [-0.1, -0.05) is 18.7 Å². The molecule has 0 aliphatic rings. The van der Waals surface area contributed by atoms with Crippen LogP contribution in [0.2, 0.25) is 0 Å². The largest absolute Gasteiger partial charge is 0.399 e. The molecular formula is C14H19N. The average Bonchev–Trinajstić information content (AvgIpc) is 2.13. The second kappa shape index (κ2) is 4.35. The molecule has 0 fully saturated rings. The topological polar surface area (TPSA) is 26.0 Å². The Kier molecular flexibility index (Phi) is 3.35. The summed E-state index contributed by atoms with van der Waals surface area (Å²) in [6.07, 6.45) is 1.99. The molecule has 0 saturated carbocycles. The summed E-state index contributed by atoms with van der Waals surface area (Å²) in [6.45, 7) is 12.1. The summed E-state index contributed by atoms with van der Waals surface area (Å²) >= 11 is 0. The zero-order valence-corrected chi connectivity index (χ0v) is 10.0. The molecule has 0 spiro atoms. The molecule has 0 heterocycles. The maximum absolute atomic E-state index is 5.87. The van der Waals surface area contributed by atoms with Crippen molar-refractivity contribution < 1.29 is 0 Å². The van der Waals surface area contributed by atoms with E-state index in [0.717, 1.165) is 11.3 Å². The fourth-order valence-electron chi connectivity index (χ4n) is 1.43. The highest BCUT2D eigenvalue weighted by atomic mass is 14.6. The van der Waals surface area contributed by atoms with E-state index in [1.54, 1.807) is 0 Å². The average molecular weight is 201 g/mol. The number of rotatable bonds is 2. The molecule has 15 heavy (non-hydrogen) atoms. The Balaban J connectivity index is 3.22. The summed E-state index contributed by atoms with van der Waals surface area (Å²) in [5.41, 5.74) is 12.6. The Morgan fingerprint density at radius 2 is 1.67 bits per heavy atom. The van der Waals surface area contributed by atoms with E-state index < -0.39 is 0 Å². The summed E-state index contributed by atoms with van der Waals surface area (Å²) in [7, 11) is 0. The summed E-state index contributed by atoms with van der Waals surface area (Å²) in [4.78, 5) is 0. The predicted octanol–water partition coefficient (Wildman–Crippen LogP) is 3.49. The van der Waals surface area contributed by atoms with E-state index >= 15 is 0 Å². The minimum Gasteiger partial charge on any atom is -0.399 e. The number of hydrogen-bond donors (Lipinski definition) is 1. The van der Waals surface area contributed by atoms with Gasteiger partial charge in [-0.25, -0.2) is 0 Å². The number of benzene rings is 1. The SMILES string of the molecule is C=C(C)/C(N)=C\c1cc(C)c(C)cc1C. The summed E-state index contributed by atoms with van der Waals surface area (Å²) < 4.78 is 0. The lowest BCUT2D eigenvalue weighted by molar-refractivity contribution is 1.27. The first-order valence-electron chi connectivity index (χ1n) is 5.12. The van der Waals surface area contributed by atoms with E-state index in [1.165, 1.54) is 22.3 Å². The van der Waals surface area contributed by atoms with Gasteiger partial charge in [0.25, 0.3) is 0 Å². The molecule has 0 aliphatic carbocycles. The van der Waals surface area contributed by atoms with Crippen molar-refractivity contribution in [3.8, 4) is 0 Å². The predicted molar refractivity (Wildman–Crippen MR) is 67.6 cm³/mol. The molecule has 1 rings (SSSR count). The molecule has 1 aromatic carbocycles. The number of allylic oxidation sites excluding steroid dienone is 1. The van der Waals surface area contributed by atoms with Gasteiger partial charge >= 0.3 is 0 Å². The molecule has 0 atom stereocenters. The molecule has 0 bridgehead atoms.